The standard InChI is InChI=1S/C9H11NO5S2/c10-8(16)3-4-17(13,14)5-6-1-2-7(15-6)9(11)12/h1-2H,3-5H2,(H2,10,16)(H,11,12). The first kappa shape index (κ1) is 13.7. The van der Waals surface area contributed by atoms with Crippen LogP contribution in [0.15, 0.2) is 16.5 Å². The van der Waals surface area contributed by atoms with Crippen molar-refractivity contribution in [2.24, 2.45) is 5.73 Å². The van der Waals surface area contributed by atoms with Gasteiger partial charge in [0.2, 0.25) is 5.76 Å². The molecule has 0 bridgehead atoms. The highest BCUT2D eigenvalue weighted by Crippen LogP contribution is 2.12. The molecule has 0 spiro atoms. The summed E-state index contributed by atoms with van der Waals surface area (Å²) in [5.41, 5.74) is 5.20. The minimum Gasteiger partial charge on any atom is -0.475 e. The topological polar surface area (TPSA) is 111 Å². The van der Waals surface area contributed by atoms with Gasteiger partial charge in [-0.05, 0) is 12.1 Å². The van der Waals surface area contributed by atoms with Gasteiger partial charge < -0.3 is 15.3 Å². The van der Waals surface area contributed by atoms with Crippen LogP contribution in [0.3, 0.4) is 0 Å². The predicted molar refractivity (Wildman–Crippen MR) is 64.6 cm³/mol. The largest absolute Gasteiger partial charge is 0.475 e. The number of sulfone groups is 1. The third-order valence-electron chi connectivity index (χ3n) is 1.89. The maximum absolute atomic E-state index is 11.6. The van der Waals surface area contributed by atoms with Crippen molar-refractivity contribution in [1.82, 2.24) is 0 Å². The van der Waals surface area contributed by atoms with Gasteiger partial charge in [0, 0.05) is 6.42 Å². The van der Waals surface area contributed by atoms with E-state index < -0.39 is 15.8 Å². The molecular formula is C9H11NO5S2. The fraction of sp³-hybridized carbons (Fsp3) is 0.333. The van der Waals surface area contributed by atoms with E-state index in [9.17, 15) is 13.2 Å². The van der Waals surface area contributed by atoms with Gasteiger partial charge in [-0.2, -0.15) is 0 Å². The second kappa shape index (κ2) is 5.28. The number of hydrogen-bond donors (Lipinski definition) is 2. The molecule has 0 aromatic carbocycles. The summed E-state index contributed by atoms with van der Waals surface area (Å²) in [5, 5.41) is 8.60. The van der Waals surface area contributed by atoms with Gasteiger partial charge in [0.05, 0.1) is 10.7 Å². The SMILES string of the molecule is NC(=S)CCS(=O)(=O)Cc1ccc(C(=O)O)o1. The van der Waals surface area contributed by atoms with Crippen LogP contribution in [0.1, 0.15) is 22.7 Å². The summed E-state index contributed by atoms with van der Waals surface area (Å²) >= 11 is 4.58. The summed E-state index contributed by atoms with van der Waals surface area (Å²) in [5.74, 6) is -1.97. The van der Waals surface area contributed by atoms with Crippen LogP contribution in [-0.2, 0) is 15.6 Å². The fourth-order valence-electron chi connectivity index (χ4n) is 1.12. The molecule has 1 aromatic heterocycles. The Morgan fingerprint density at radius 2 is 2.12 bits per heavy atom. The van der Waals surface area contributed by atoms with E-state index in [-0.39, 0.29) is 34.4 Å². The quantitative estimate of drug-likeness (QED) is 0.731. The zero-order valence-electron chi connectivity index (χ0n) is 8.75. The summed E-state index contributed by atoms with van der Waals surface area (Å²) in [6.07, 6.45) is 0.101. The number of hydrogen-bond acceptors (Lipinski definition) is 5. The van der Waals surface area contributed by atoms with Crippen molar-refractivity contribution in [2.75, 3.05) is 5.75 Å². The molecule has 0 unspecified atom stereocenters. The molecule has 1 aromatic rings. The first-order valence-corrected chi connectivity index (χ1v) is 6.84. The highest BCUT2D eigenvalue weighted by Gasteiger charge is 2.16. The molecule has 3 N–H and O–H groups in total. The van der Waals surface area contributed by atoms with Crippen LogP contribution in [0.5, 0.6) is 0 Å². The van der Waals surface area contributed by atoms with Gasteiger partial charge in [0.15, 0.2) is 9.84 Å². The van der Waals surface area contributed by atoms with Crippen LogP contribution in [0, 0.1) is 0 Å². The maximum atomic E-state index is 11.6. The summed E-state index contributed by atoms with van der Waals surface area (Å²) < 4.78 is 28.0. The maximum Gasteiger partial charge on any atom is 0.371 e. The van der Waals surface area contributed by atoms with Gasteiger partial charge >= 0.3 is 5.97 Å². The molecule has 0 atom stereocenters. The van der Waals surface area contributed by atoms with Crippen LogP contribution in [-0.4, -0.2) is 30.2 Å². The molecule has 1 rings (SSSR count). The number of nitrogens with two attached hydrogens (primary N) is 1. The number of carboxylic acid groups (broad SMARTS) is 1. The summed E-state index contributed by atoms with van der Waals surface area (Å²) in [6, 6.07) is 2.53. The second-order valence-corrected chi connectivity index (χ2v) is 6.09. The minimum absolute atomic E-state index is 0.0883. The molecule has 0 radical (unpaired) electrons. The van der Waals surface area contributed by atoms with Crippen molar-refractivity contribution in [3.8, 4) is 0 Å². The lowest BCUT2D eigenvalue weighted by Crippen LogP contribution is -2.16. The Hall–Kier alpha value is -1.41. The average molecular weight is 277 g/mol. The van der Waals surface area contributed by atoms with Crippen molar-refractivity contribution >= 4 is 33.0 Å². The summed E-state index contributed by atoms with van der Waals surface area (Å²) in [4.78, 5) is 10.6. The normalized spacial score (nSPS) is 11.3. The van der Waals surface area contributed by atoms with Gasteiger partial charge in [-0.15, -0.1) is 0 Å². The van der Waals surface area contributed by atoms with Gasteiger partial charge in [0.25, 0.3) is 0 Å². The van der Waals surface area contributed by atoms with Gasteiger partial charge in [-0.1, -0.05) is 12.2 Å². The monoisotopic (exact) mass is 277 g/mol. The molecule has 17 heavy (non-hydrogen) atoms. The van der Waals surface area contributed by atoms with Crippen LogP contribution in [0.2, 0.25) is 0 Å². The van der Waals surface area contributed by atoms with E-state index in [2.05, 4.69) is 12.2 Å². The Kier molecular flexibility index (Phi) is 4.24. The number of furan rings is 1. The zero-order chi connectivity index (χ0) is 13.1. The Bertz CT molecular complexity index is 531. The molecule has 0 aliphatic heterocycles. The average Bonchev–Trinajstić information content (AvgIpc) is 2.63. The number of carbonyl (C=O) groups is 1. The lowest BCUT2D eigenvalue weighted by Gasteiger charge is -2.01. The molecule has 1 heterocycles. The van der Waals surface area contributed by atoms with E-state index in [0.29, 0.717) is 0 Å². The number of aromatic carboxylic acids is 1. The smallest absolute Gasteiger partial charge is 0.371 e. The van der Waals surface area contributed by atoms with E-state index in [1.165, 1.54) is 12.1 Å². The lowest BCUT2D eigenvalue weighted by atomic mass is 10.4. The first-order chi connectivity index (χ1) is 7.80. The van der Waals surface area contributed by atoms with Crippen molar-refractivity contribution in [1.29, 1.82) is 0 Å². The van der Waals surface area contributed by atoms with Crippen molar-refractivity contribution in [3.63, 3.8) is 0 Å². The van der Waals surface area contributed by atoms with Gasteiger partial charge in [-0.3, -0.25) is 0 Å². The highest BCUT2D eigenvalue weighted by molar-refractivity contribution is 7.90. The van der Waals surface area contributed by atoms with Crippen molar-refractivity contribution < 1.29 is 22.7 Å². The van der Waals surface area contributed by atoms with Crippen LogP contribution < -0.4 is 5.73 Å². The molecule has 0 fully saturated rings. The zero-order valence-corrected chi connectivity index (χ0v) is 10.4. The van der Waals surface area contributed by atoms with Crippen LogP contribution in [0.25, 0.3) is 0 Å². The van der Waals surface area contributed by atoms with E-state index >= 15 is 0 Å². The third-order valence-corrected chi connectivity index (χ3v) is 3.65. The predicted octanol–water partition coefficient (Wildman–Crippen LogP) is 0.569. The minimum atomic E-state index is -3.40. The molecular weight excluding hydrogens is 266 g/mol. The Morgan fingerprint density at radius 3 is 2.59 bits per heavy atom. The Labute approximate surface area is 103 Å². The number of thiocarbonyl (C=S) groups is 1. The van der Waals surface area contributed by atoms with Gasteiger partial charge in [0.1, 0.15) is 11.5 Å². The van der Waals surface area contributed by atoms with Crippen molar-refractivity contribution in [3.05, 3.63) is 23.7 Å². The van der Waals surface area contributed by atoms with E-state index in [0.717, 1.165) is 0 Å². The molecule has 0 saturated heterocycles. The fourth-order valence-corrected chi connectivity index (χ4v) is 2.61. The Balaban J connectivity index is 2.69. The molecule has 0 saturated carbocycles. The van der Waals surface area contributed by atoms with E-state index in [1.807, 2.05) is 0 Å². The molecule has 6 nitrogen and oxygen atoms in total. The molecule has 94 valence electrons. The molecule has 0 aliphatic carbocycles. The summed E-state index contributed by atoms with van der Waals surface area (Å²) in [7, 11) is -3.40. The second-order valence-electron chi connectivity index (χ2n) is 3.38. The van der Waals surface area contributed by atoms with E-state index in [1.54, 1.807) is 0 Å². The van der Waals surface area contributed by atoms with Crippen LogP contribution >= 0.6 is 12.2 Å². The summed E-state index contributed by atoms with van der Waals surface area (Å²) in [6.45, 7) is 0. The van der Waals surface area contributed by atoms with Crippen molar-refractivity contribution in [2.45, 2.75) is 12.2 Å². The highest BCUT2D eigenvalue weighted by atomic mass is 32.2. The number of carboxylic acids is 1. The third kappa shape index (κ3) is 4.53. The van der Waals surface area contributed by atoms with Gasteiger partial charge in [-0.25, -0.2) is 13.2 Å². The molecule has 8 heteroatoms. The molecule has 0 amide bonds. The Morgan fingerprint density at radius 1 is 1.47 bits per heavy atom. The van der Waals surface area contributed by atoms with E-state index in [4.69, 9.17) is 15.3 Å². The van der Waals surface area contributed by atoms with Crippen LogP contribution in [0.4, 0.5) is 0 Å². The molecule has 0 aliphatic rings. The number of rotatable bonds is 6. The first-order valence-electron chi connectivity index (χ1n) is 4.61. The lowest BCUT2D eigenvalue weighted by molar-refractivity contribution is 0.0660.